The molecule has 0 amide bonds. The predicted molar refractivity (Wildman–Crippen MR) is 79.6 cm³/mol. The fourth-order valence-corrected chi connectivity index (χ4v) is 2.67. The van der Waals surface area contributed by atoms with Crippen LogP contribution < -0.4 is 5.32 Å². The lowest BCUT2D eigenvalue weighted by molar-refractivity contribution is 0.0321. The molecule has 0 atom stereocenters. The molecular formula is C17H15NO3. The smallest absolute Gasteiger partial charge is 0.216 e. The van der Waals surface area contributed by atoms with Crippen LogP contribution in [0.25, 0.3) is 0 Å². The van der Waals surface area contributed by atoms with Gasteiger partial charge in [-0.15, -0.1) is 0 Å². The van der Waals surface area contributed by atoms with Crippen molar-refractivity contribution in [3.63, 3.8) is 0 Å². The van der Waals surface area contributed by atoms with E-state index in [9.17, 15) is 14.7 Å². The molecule has 0 saturated carbocycles. The van der Waals surface area contributed by atoms with Crippen molar-refractivity contribution in [2.75, 3.05) is 11.9 Å². The average Bonchev–Trinajstić information content (AvgIpc) is 2.72. The molecule has 0 spiro atoms. The topological polar surface area (TPSA) is 66.4 Å². The first-order valence-corrected chi connectivity index (χ1v) is 6.84. The zero-order valence-electron chi connectivity index (χ0n) is 11.6. The highest BCUT2D eigenvalue weighted by atomic mass is 16.3. The number of hydrogen-bond acceptors (Lipinski definition) is 4. The first-order chi connectivity index (χ1) is 10.1. The minimum absolute atomic E-state index is 0.278. The fourth-order valence-electron chi connectivity index (χ4n) is 2.67. The number of fused-ring (bicyclic) bond motifs is 1. The molecule has 21 heavy (non-hydrogen) atoms. The number of ketones is 2. The molecule has 0 bridgehead atoms. The van der Waals surface area contributed by atoms with Gasteiger partial charge in [-0.05, 0) is 24.6 Å². The van der Waals surface area contributed by atoms with Gasteiger partial charge in [-0.25, -0.2) is 0 Å². The number of benzene rings is 2. The van der Waals surface area contributed by atoms with E-state index in [0.717, 1.165) is 12.2 Å². The molecule has 0 heterocycles. The molecule has 2 N–H and O–H groups in total. The standard InChI is InChI=1S/C17H15NO3/c1-2-18-12-9-7-11(8-10-12)17(21)15(19)13-5-3-4-6-14(13)16(17)20/h3-10,18,21H,2H2,1H3. The quantitative estimate of drug-likeness (QED) is 0.848. The Morgan fingerprint density at radius 1 is 0.952 bits per heavy atom. The highest BCUT2D eigenvalue weighted by Crippen LogP contribution is 2.37. The van der Waals surface area contributed by atoms with E-state index < -0.39 is 17.2 Å². The summed E-state index contributed by atoms with van der Waals surface area (Å²) < 4.78 is 0. The Hall–Kier alpha value is -2.46. The highest BCUT2D eigenvalue weighted by molar-refractivity contribution is 6.31. The van der Waals surface area contributed by atoms with Gasteiger partial charge >= 0.3 is 0 Å². The largest absolute Gasteiger partial charge is 0.385 e. The van der Waals surface area contributed by atoms with Crippen LogP contribution >= 0.6 is 0 Å². The summed E-state index contributed by atoms with van der Waals surface area (Å²) >= 11 is 0. The summed E-state index contributed by atoms with van der Waals surface area (Å²) in [4.78, 5) is 24.9. The maximum Gasteiger partial charge on any atom is 0.216 e. The van der Waals surface area contributed by atoms with Crippen LogP contribution in [0.2, 0.25) is 0 Å². The van der Waals surface area contributed by atoms with E-state index in [1.807, 2.05) is 6.92 Å². The number of aliphatic hydroxyl groups is 1. The number of carbonyl (C=O) groups excluding carboxylic acids is 2. The van der Waals surface area contributed by atoms with Gasteiger partial charge in [-0.3, -0.25) is 9.59 Å². The zero-order chi connectivity index (χ0) is 15.0. The SMILES string of the molecule is CCNc1ccc(C2(O)C(=O)c3ccccc3C2=O)cc1. The summed E-state index contributed by atoms with van der Waals surface area (Å²) in [6.07, 6.45) is 0. The molecular weight excluding hydrogens is 266 g/mol. The number of carbonyl (C=O) groups is 2. The number of hydrogen-bond donors (Lipinski definition) is 2. The molecule has 0 saturated heterocycles. The van der Waals surface area contributed by atoms with Crippen molar-refractivity contribution >= 4 is 17.3 Å². The van der Waals surface area contributed by atoms with Gasteiger partial charge in [0.2, 0.25) is 17.2 Å². The molecule has 3 rings (SSSR count). The van der Waals surface area contributed by atoms with Crippen molar-refractivity contribution in [1.29, 1.82) is 0 Å². The Bertz CT molecular complexity index is 684. The highest BCUT2D eigenvalue weighted by Gasteiger charge is 2.52. The van der Waals surface area contributed by atoms with Crippen LogP contribution in [0.15, 0.2) is 48.5 Å². The molecule has 2 aromatic rings. The fraction of sp³-hybridized carbons (Fsp3) is 0.176. The van der Waals surface area contributed by atoms with Gasteiger partial charge in [-0.1, -0.05) is 36.4 Å². The summed E-state index contributed by atoms with van der Waals surface area (Å²) in [5.41, 5.74) is -0.369. The van der Waals surface area contributed by atoms with Crippen molar-refractivity contribution in [2.45, 2.75) is 12.5 Å². The lowest BCUT2D eigenvalue weighted by atomic mass is 9.89. The molecule has 0 unspecified atom stereocenters. The van der Waals surface area contributed by atoms with E-state index in [1.165, 1.54) is 0 Å². The van der Waals surface area contributed by atoms with Crippen molar-refractivity contribution in [1.82, 2.24) is 0 Å². The van der Waals surface area contributed by atoms with Gasteiger partial charge in [0.25, 0.3) is 0 Å². The number of Topliss-reactive ketones (excluding diaryl/α,β-unsaturated/α-hetero) is 2. The Morgan fingerprint density at radius 2 is 1.48 bits per heavy atom. The molecule has 4 heteroatoms. The van der Waals surface area contributed by atoms with Gasteiger partial charge in [0.15, 0.2) is 0 Å². The molecule has 0 radical (unpaired) electrons. The van der Waals surface area contributed by atoms with E-state index in [1.54, 1.807) is 48.5 Å². The van der Waals surface area contributed by atoms with Crippen molar-refractivity contribution in [3.8, 4) is 0 Å². The summed E-state index contributed by atoms with van der Waals surface area (Å²) in [6, 6.07) is 13.2. The molecule has 106 valence electrons. The van der Waals surface area contributed by atoms with Crippen LogP contribution in [0.4, 0.5) is 5.69 Å². The Balaban J connectivity index is 2.06. The number of anilines is 1. The minimum Gasteiger partial charge on any atom is -0.385 e. The molecule has 1 aliphatic carbocycles. The average molecular weight is 281 g/mol. The van der Waals surface area contributed by atoms with Crippen molar-refractivity contribution in [3.05, 3.63) is 65.2 Å². The van der Waals surface area contributed by atoms with Crippen LogP contribution in [0, 0.1) is 0 Å². The number of rotatable bonds is 3. The van der Waals surface area contributed by atoms with Gasteiger partial charge in [0.1, 0.15) is 0 Å². The molecule has 1 aliphatic rings. The molecule has 4 nitrogen and oxygen atoms in total. The first-order valence-electron chi connectivity index (χ1n) is 6.84. The molecule has 0 aromatic heterocycles. The first kappa shape index (κ1) is 13.5. The van der Waals surface area contributed by atoms with E-state index in [4.69, 9.17) is 0 Å². The second-order valence-electron chi connectivity index (χ2n) is 5.02. The van der Waals surface area contributed by atoms with Crippen LogP contribution in [-0.4, -0.2) is 23.2 Å². The van der Waals surface area contributed by atoms with Crippen LogP contribution in [0.1, 0.15) is 33.2 Å². The van der Waals surface area contributed by atoms with Crippen LogP contribution in [0.3, 0.4) is 0 Å². The lowest BCUT2D eigenvalue weighted by Crippen LogP contribution is -2.38. The van der Waals surface area contributed by atoms with E-state index in [-0.39, 0.29) is 11.1 Å². The molecule has 2 aromatic carbocycles. The summed E-state index contributed by atoms with van der Waals surface area (Å²) in [6.45, 7) is 2.75. The lowest BCUT2D eigenvalue weighted by Gasteiger charge is -2.19. The Labute approximate surface area is 122 Å². The normalized spacial score (nSPS) is 15.9. The number of nitrogens with one attached hydrogen (secondary N) is 1. The van der Waals surface area contributed by atoms with E-state index in [0.29, 0.717) is 5.56 Å². The minimum atomic E-state index is -2.10. The molecule has 0 aliphatic heterocycles. The molecule has 0 fully saturated rings. The van der Waals surface area contributed by atoms with E-state index in [2.05, 4.69) is 5.32 Å². The summed E-state index contributed by atoms with van der Waals surface area (Å²) in [5.74, 6) is -1.11. The monoisotopic (exact) mass is 281 g/mol. The van der Waals surface area contributed by atoms with Crippen molar-refractivity contribution < 1.29 is 14.7 Å². The summed E-state index contributed by atoms with van der Waals surface area (Å²) in [5, 5.41) is 13.8. The predicted octanol–water partition coefficient (Wildman–Crippen LogP) is 2.39. The Morgan fingerprint density at radius 3 is 1.95 bits per heavy atom. The van der Waals surface area contributed by atoms with Crippen LogP contribution in [0.5, 0.6) is 0 Å². The van der Waals surface area contributed by atoms with E-state index >= 15 is 0 Å². The maximum absolute atomic E-state index is 12.5. The second-order valence-corrected chi connectivity index (χ2v) is 5.02. The third-order valence-electron chi connectivity index (χ3n) is 3.76. The third kappa shape index (κ3) is 1.87. The van der Waals surface area contributed by atoms with Crippen LogP contribution in [-0.2, 0) is 5.60 Å². The van der Waals surface area contributed by atoms with Gasteiger partial charge in [-0.2, -0.15) is 0 Å². The van der Waals surface area contributed by atoms with Gasteiger partial charge in [0.05, 0.1) is 0 Å². The third-order valence-corrected chi connectivity index (χ3v) is 3.76. The van der Waals surface area contributed by atoms with Gasteiger partial charge in [0, 0.05) is 23.4 Å². The Kier molecular flexibility index (Phi) is 3.11. The summed E-state index contributed by atoms with van der Waals surface area (Å²) in [7, 11) is 0. The maximum atomic E-state index is 12.5. The van der Waals surface area contributed by atoms with Crippen molar-refractivity contribution in [2.24, 2.45) is 0 Å². The zero-order valence-corrected chi connectivity index (χ0v) is 11.6. The van der Waals surface area contributed by atoms with Gasteiger partial charge < -0.3 is 10.4 Å². The second kappa shape index (κ2) is 4.82.